The molecule has 1 N–H and O–H groups in total. The summed E-state index contributed by atoms with van der Waals surface area (Å²) in [5.74, 6) is 0.827. The Balaban J connectivity index is 1.75. The van der Waals surface area contributed by atoms with Crippen molar-refractivity contribution in [1.29, 1.82) is 5.26 Å². The molecule has 9 heteroatoms. The Labute approximate surface area is 189 Å². The number of anilines is 1. The van der Waals surface area contributed by atoms with Crippen molar-refractivity contribution in [2.24, 2.45) is 5.10 Å². The summed E-state index contributed by atoms with van der Waals surface area (Å²) in [6.45, 7) is 2.42. The Bertz CT molecular complexity index is 1170. The number of nitriles is 1. The van der Waals surface area contributed by atoms with Crippen LogP contribution in [0.3, 0.4) is 0 Å². The normalized spacial score (nSPS) is 10.5. The van der Waals surface area contributed by atoms with Gasteiger partial charge < -0.3 is 9.47 Å². The quantitative estimate of drug-likeness (QED) is 0.260. The average Bonchev–Trinajstić information content (AvgIpc) is 2.79. The molecule has 0 aliphatic rings. The maximum absolute atomic E-state index is 10.7. The molecule has 0 fully saturated rings. The van der Waals surface area contributed by atoms with E-state index in [1.165, 1.54) is 12.1 Å². The van der Waals surface area contributed by atoms with Crippen molar-refractivity contribution >= 4 is 29.2 Å². The number of nitro groups is 1. The van der Waals surface area contributed by atoms with Crippen molar-refractivity contribution < 1.29 is 14.4 Å². The van der Waals surface area contributed by atoms with Gasteiger partial charge in [-0.15, -0.1) is 0 Å². The monoisotopic (exact) mass is 450 g/mol. The third-order valence-corrected chi connectivity index (χ3v) is 4.61. The molecule has 0 atom stereocenters. The Morgan fingerprint density at radius 3 is 2.62 bits per heavy atom. The van der Waals surface area contributed by atoms with E-state index < -0.39 is 4.92 Å². The van der Waals surface area contributed by atoms with Crippen molar-refractivity contribution in [3.63, 3.8) is 0 Å². The molecule has 0 bridgehead atoms. The van der Waals surface area contributed by atoms with E-state index in [-0.39, 0.29) is 12.3 Å². The number of nitrogens with zero attached hydrogens (tertiary/aromatic N) is 3. The minimum atomic E-state index is -0.465. The molecule has 3 aromatic rings. The summed E-state index contributed by atoms with van der Waals surface area (Å²) < 4.78 is 11.6. The zero-order valence-corrected chi connectivity index (χ0v) is 17.9. The molecule has 0 spiro atoms. The lowest BCUT2D eigenvalue weighted by Gasteiger charge is -2.15. The van der Waals surface area contributed by atoms with Crippen molar-refractivity contribution in [1.82, 2.24) is 0 Å². The summed E-state index contributed by atoms with van der Waals surface area (Å²) >= 11 is 6.44. The number of hydrogen-bond acceptors (Lipinski definition) is 7. The van der Waals surface area contributed by atoms with E-state index in [0.29, 0.717) is 39.9 Å². The number of rotatable bonds is 9. The highest BCUT2D eigenvalue weighted by Crippen LogP contribution is 2.37. The number of nitro benzene ring substituents is 1. The fraction of sp³-hybridized carbons (Fsp3) is 0.130. The molecular formula is C23H19ClN4O4. The molecule has 0 saturated heterocycles. The molecule has 8 nitrogen and oxygen atoms in total. The van der Waals surface area contributed by atoms with Crippen LogP contribution in [-0.2, 0) is 6.61 Å². The van der Waals surface area contributed by atoms with Gasteiger partial charge in [0.15, 0.2) is 11.5 Å². The summed E-state index contributed by atoms with van der Waals surface area (Å²) in [6.07, 6.45) is 1.55. The highest BCUT2D eigenvalue weighted by atomic mass is 35.5. The number of hydrogen-bond donors (Lipinski definition) is 1. The van der Waals surface area contributed by atoms with Gasteiger partial charge in [-0.1, -0.05) is 29.8 Å². The van der Waals surface area contributed by atoms with Crippen LogP contribution in [0.15, 0.2) is 65.8 Å². The van der Waals surface area contributed by atoms with Gasteiger partial charge in [0.1, 0.15) is 6.61 Å². The lowest BCUT2D eigenvalue weighted by Crippen LogP contribution is -2.03. The minimum absolute atomic E-state index is 0.000602. The van der Waals surface area contributed by atoms with E-state index in [9.17, 15) is 15.4 Å². The van der Waals surface area contributed by atoms with Gasteiger partial charge in [-0.3, -0.25) is 15.5 Å². The maximum Gasteiger partial charge on any atom is 0.269 e. The van der Waals surface area contributed by atoms with Gasteiger partial charge >= 0.3 is 0 Å². The van der Waals surface area contributed by atoms with Crippen molar-refractivity contribution in [2.45, 2.75) is 13.5 Å². The molecule has 0 aliphatic carbocycles. The van der Waals surface area contributed by atoms with Gasteiger partial charge in [-0.2, -0.15) is 10.4 Å². The lowest BCUT2D eigenvalue weighted by molar-refractivity contribution is -0.384. The first-order valence-corrected chi connectivity index (χ1v) is 10.00. The van der Waals surface area contributed by atoms with Crippen LogP contribution >= 0.6 is 11.6 Å². The molecule has 3 rings (SSSR count). The molecule has 0 amide bonds. The number of halogens is 1. The second-order valence-electron chi connectivity index (χ2n) is 6.49. The topological polar surface area (TPSA) is 110 Å². The van der Waals surface area contributed by atoms with Gasteiger partial charge in [0, 0.05) is 17.7 Å². The third-order valence-electron chi connectivity index (χ3n) is 4.33. The fourth-order valence-corrected chi connectivity index (χ4v) is 3.08. The predicted octanol–water partition coefficient (Wildman–Crippen LogP) is 5.54. The molecule has 0 aromatic heterocycles. The summed E-state index contributed by atoms with van der Waals surface area (Å²) in [5, 5.41) is 24.4. The molecule has 0 unspecified atom stereocenters. The molecule has 0 saturated carbocycles. The summed E-state index contributed by atoms with van der Waals surface area (Å²) in [6, 6.07) is 18.6. The van der Waals surface area contributed by atoms with E-state index in [2.05, 4.69) is 16.6 Å². The number of benzene rings is 3. The lowest BCUT2D eigenvalue weighted by atomic mass is 10.1. The molecule has 0 heterocycles. The Morgan fingerprint density at radius 2 is 1.94 bits per heavy atom. The van der Waals surface area contributed by atoms with Gasteiger partial charge in [0.05, 0.1) is 40.1 Å². The van der Waals surface area contributed by atoms with Crippen LogP contribution in [0.5, 0.6) is 11.5 Å². The number of nitrogens with one attached hydrogen (secondary N) is 1. The first-order valence-electron chi connectivity index (χ1n) is 9.62. The second kappa shape index (κ2) is 10.8. The van der Waals surface area contributed by atoms with E-state index in [1.807, 2.05) is 19.1 Å². The van der Waals surface area contributed by atoms with Crippen molar-refractivity contribution in [2.75, 3.05) is 12.0 Å². The number of non-ortho nitro benzene ring substituents is 1. The maximum atomic E-state index is 10.7. The first kappa shape index (κ1) is 22.6. The van der Waals surface area contributed by atoms with E-state index >= 15 is 0 Å². The summed E-state index contributed by atoms with van der Waals surface area (Å²) in [7, 11) is 0. The van der Waals surface area contributed by atoms with Crippen LogP contribution in [0.2, 0.25) is 5.02 Å². The van der Waals surface area contributed by atoms with Crippen LogP contribution < -0.4 is 14.9 Å². The third kappa shape index (κ3) is 5.74. The SMILES string of the molecule is CCOc1cc(C=NNc2ccc([N+](=O)[O-])cc2)cc(Cl)c1OCc1ccccc1C#N. The Kier molecular flexibility index (Phi) is 7.62. The van der Waals surface area contributed by atoms with Crippen LogP contribution in [0.1, 0.15) is 23.6 Å². The number of hydrazone groups is 1. The highest BCUT2D eigenvalue weighted by Gasteiger charge is 2.13. The van der Waals surface area contributed by atoms with Gasteiger partial charge in [0.25, 0.3) is 5.69 Å². The average molecular weight is 451 g/mol. The zero-order chi connectivity index (χ0) is 22.9. The summed E-state index contributed by atoms with van der Waals surface area (Å²) in [5.41, 5.74) is 5.34. The zero-order valence-electron chi connectivity index (χ0n) is 17.1. The van der Waals surface area contributed by atoms with E-state index in [4.69, 9.17) is 21.1 Å². The first-order chi connectivity index (χ1) is 15.5. The smallest absolute Gasteiger partial charge is 0.269 e. The molecule has 32 heavy (non-hydrogen) atoms. The Hall–Kier alpha value is -4.09. The Morgan fingerprint density at radius 1 is 1.19 bits per heavy atom. The van der Waals surface area contributed by atoms with Gasteiger partial charge in [-0.25, -0.2) is 0 Å². The van der Waals surface area contributed by atoms with Crippen LogP contribution in [0, 0.1) is 21.4 Å². The van der Waals surface area contributed by atoms with Crippen LogP contribution in [0.4, 0.5) is 11.4 Å². The van der Waals surface area contributed by atoms with E-state index in [1.54, 1.807) is 42.6 Å². The standard InChI is InChI=1S/C23H19ClN4O4/c1-2-31-22-12-16(14-26-27-19-7-9-20(10-8-19)28(29)30)11-21(24)23(22)32-15-18-6-4-3-5-17(18)13-25/h3-12,14,27H,2,15H2,1H3. The van der Waals surface area contributed by atoms with Gasteiger partial charge in [-0.05, 0) is 42.8 Å². The summed E-state index contributed by atoms with van der Waals surface area (Å²) in [4.78, 5) is 10.3. The van der Waals surface area contributed by atoms with Crippen molar-refractivity contribution in [3.8, 4) is 17.6 Å². The highest BCUT2D eigenvalue weighted by molar-refractivity contribution is 6.32. The second-order valence-corrected chi connectivity index (χ2v) is 6.90. The largest absolute Gasteiger partial charge is 0.490 e. The molecule has 0 radical (unpaired) electrons. The molecular weight excluding hydrogens is 432 g/mol. The van der Waals surface area contributed by atoms with Crippen molar-refractivity contribution in [3.05, 3.63) is 92.5 Å². The molecule has 3 aromatic carbocycles. The van der Waals surface area contributed by atoms with Crippen LogP contribution in [0.25, 0.3) is 0 Å². The molecule has 0 aliphatic heterocycles. The number of ether oxygens (including phenoxy) is 2. The van der Waals surface area contributed by atoms with Crippen LogP contribution in [-0.4, -0.2) is 17.7 Å². The van der Waals surface area contributed by atoms with E-state index in [0.717, 1.165) is 5.56 Å². The minimum Gasteiger partial charge on any atom is -0.490 e. The van der Waals surface area contributed by atoms with Gasteiger partial charge in [0.2, 0.25) is 0 Å². The predicted molar refractivity (Wildman–Crippen MR) is 122 cm³/mol. The fourth-order valence-electron chi connectivity index (χ4n) is 2.81. The molecule has 162 valence electrons.